The molecule has 120 valence electrons. The molecule has 1 aromatic rings. The topological polar surface area (TPSA) is 105 Å². The molecule has 0 saturated carbocycles. The van der Waals surface area contributed by atoms with Crippen LogP contribution < -0.4 is 10.5 Å². The number of esters is 1. The van der Waals surface area contributed by atoms with Crippen molar-refractivity contribution < 1.29 is 19.2 Å². The molecule has 0 bridgehead atoms. The maximum Gasteiger partial charge on any atom is 0.338 e. The molecule has 0 radical (unpaired) electrons. The minimum absolute atomic E-state index is 0.00904. The van der Waals surface area contributed by atoms with E-state index in [1.165, 1.54) is 6.07 Å². The van der Waals surface area contributed by atoms with Crippen molar-refractivity contribution in [2.75, 3.05) is 13.2 Å². The van der Waals surface area contributed by atoms with Crippen LogP contribution in [0.2, 0.25) is 5.02 Å². The summed E-state index contributed by atoms with van der Waals surface area (Å²) in [5, 5.41) is 10.8. The fourth-order valence-electron chi connectivity index (χ4n) is 1.63. The van der Waals surface area contributed by atoms with E-state index in [0.717, 1.165) is 6.07 Å². The van der Waals surface area contributed by atoms with Gasteiger partial charge in [-0.15, -0.1) is 6.58 Å². The first kappa shape index (κ1) is 17.9. The summed E-state index contributed by atoms with van der Waals surface area (Å²) in [5.74, 6) is -0.680. The van der Waals surface area contributed by atoms with E-state index in [-0.39, 0.29) is 35.6 Å². The molecule has 1 rings (SSSR count). The smallest absolute Gasteiger partial charge is 0.338 e. The first-order valence-electron chi connectivity index (χ1n) is 6.55. The monoisotopic (exact) mass is 328 g/mol. The van der Waals surface area contributed by atoms with E-state index in [0.29, 0.717) is 6.42 Å². The number of hydrogen-bond acceptors (Lipinski definition) is 6. The highest BCUT2D eigenvalue weighted by molar-refractivity contribution is 6.34. The van der Waals surface area contributed by atoms with Crippen molar-refractivity contribution in [2.45, 2.75) is 19.4 Å². The van der Waals surface area contributed by atoms with E-state index in [2.05, 4.69) is 6.58 Å². The first-order valence-corrected chi connectivity index (χ1v) is 6.92. The van der Waals surface area contributed by atoms with Crippen LogP contribution >= 0.6 is 11.6 Å². The number of nitrogens with zero attached hydrogens (tertiary/aromatic N) is 1. The normalized spacial score (nSPS) is 11.6. The predicted octanol–water partition coefficient (Wildman–Crippen LogP) is 2.71. The fourth-order valence-corrected chi connectivity index (χ4v) is 1.86. The van der Waals surface area contributed by atoms with Gasteiger partial charge in [0.2, 0.25) is 0 Å². The van der Waals surface area contributed by atoms with E-state index in [1.54, 1.807) is 13.0 Å². The Labute approximate surface area is 132 Å². The third-order valence-electron chi connectivity index (χ3n) is 2.65. The summed E-state index contributed by atoms with van der Waals surface area (Å²) >= 11 is 5.94. The Morgan fingerprint density at radius 2 is 2.27 bits per heavy atom. The Morgan fingerprint density at radius 3 is 2.82 bits per heavy atom. The van der Waals surface area contributed by atoms with Crippen LogP contribution in [0.5, 0.6) is 5.75 Å². The number of carbonyl (C=O) groups is 1. The lowest BCUT2D eigenvalue weighted by Gasteiger charge is -2.13. The highest BCUT2D eigenvalue weighted by Gasteiger charge is 2.22. The minimum Gasteiger partial charge on any atom is -0.490 e. The molecule has 0 unspecified atom stereocenters. The minimum atomic E-state index is -0.693. The zero-order valence-electron chi connectivity index (χ0n) is 12.1. The van der Waals surface area contributed by atoms with Crippen molar-refractivity contribution in [1.29, 1.82) is 0 Å². The second-order valence-electron chi connectivity index (χ2n) is 4.38. The maximum absolute atomic E-state index is 11.7. The number of nitro benzene ring substituents is 1. The van der Waals surface area contributed by atoms with Gasteiger partial charge in [-0.05, 0) is 19.4 Å². The summed E-state index contributed by atoms with van der Waals surface area (Å²) in [6.45, 7) is 5.42. The lowest BCUT2D eigenvalue weighted by atomic mass is 10.2. The Kier molecular flexibility index (Phi) is 6.81. The second-order valence-corrected chi connectivity index (χ2v) is 4.76. The van der Waals surface area contributed by atoms with Crippen LogP contribution in [-0.4, -0.2) is 30.1 Å². The van der Waals surface area contributed by atoms with Gasteiger partial charge < -0.3 is 15.2 Å². The lowest BCUT2D eigenvalue weighted by Crippen LogP contribution is -2.27. The van der Waals surface area contributed by atoms with Crippen LogP contribution in [0.4, 0.5) is 5.69 Å². The summed E-state index contributed by atoms with van der Waals surface area (Å²) in [6.07, 6.45) is 2.14. The molecule has 0 saturated heterocycles. The van der Waals surface area contributed by atoms with Crippen molar-refractivity contribution >= 4 is 23.3 Å². The quantitative estimate of drug-likeness (QED) is 0.340. The van der Waals surface area contributed by atoms with Gasteiger partial charge in [0.1, 0.15) is 12.4 Å². The number of nitro groups is 1. The largest absolute Gasteiger partial charge is 0.490 e. The average molecular weight is 329 g/mol. The number of halogens is 1. The molecule has 0 aromatic heterocycles. The molecule has 7 nitrogen and oxygen atoms in total. The summed E-state index contributed by atoms with van der Waals surface area (Å²) in [7, 11) is 0. The molecule has 0 fully saturated rings. The van der Waals surface area contributed by atoms with E-state index >= 15 is 0 Å². The zero-order valence-corrected chi connectivity index (χ0v) is 12.8. The average Bonchev–Trinajstić information content (AvgIpc) is 2.46. The number of benzene rings is 1. The fraction of sp³-hybridized carbons (Fsp3) is 0.357. The molecular formula is C14H17ClN2O5. The maximum atomic E-state index is 11.7. The molecule has 1 atom stereocenters. The van der Waals surface area contributed by atoms with Crippen molar-refractivity contribution in [3.8, 4) is 5.75 Å². The molecule has 1 aromatic carbocycles. The summed E-state index contributed by atoms with van der Waals surface area (Å²) in [5.41, 5.74) is 5.32. The SMILES string of the molecule is C=CC[C@@H](N)COc1cc(C(=O)OCC)cc([N+](=O)[O-])c1Cl. The summed E-state index contributed by atoms with van der Waals surface area (Å²) in [4.78, 5) is 22.1. The molecule has 0 aliphatic carbocycles. The van der Waals surface area contributed by atoms with Gasteiger partial charge in [-0.1, -0.05) is 17.7 Å². The van der Waals surface area contributed by atoms with E-state index < -0.39 is 16.6 Å². The highest BCUT2D eigenvalue weighted by Crippen LogP contribution is 2.35. The van der Waals surface area contributed by atoms with Crippen LogP contribution in [0, 0.1) is 10.1 Å². The second kappa shape index (κ2) is 8.35. The summed E-state index contributed by atoms with van der Waals surface area (Å²) in [6, 6.07) is 2.02. The predicted molar refractivity (Wildman–Crippen MR) is 82.3 cm³/mol. The van der Waals surface area contributed by atoms with Gasteiger partial charge in [0.15, 0.2) is 5.02 Å². The van der Waals surface area contributed by atoms with Crippen molar-refractivity contribution in [3.05, 3.63) is 45.5 Å². The Hall–Kier alpha value is -2.12. The highest BCUT2D eigenvalue weighted by atomic mass is 35.5. The number of carbonyl (C=O) groups excluding carboxylic acids is 1. The molecular weight excluding hydrogens is 312 g/mol. The molecule has 22 heavy (non-hydrogen) atoms. The number of ether oxygens (including phenoxy) is 2. The van der Waals surface area contributed by atoms with Gasteiger partial charge in [0, 0.05) is 12.1 Å². The molecule has 0 spiro atoms. The molecule has 0 aliphatic heterocycles. The van der Waals surface area contributed by atoms with E-state index in [1.807, 2.05) is 0 Å². The van der Waals surface area contributed by atoms with Crippen LogP contribution in [0.25, 0.3) is 0 Å². The molecule has 0 amide bonds. The Balaban J connectivity index is 3.10. The lowest BCUT2D eigenvalue weighted by molar-refractivity contribution is -0.384. The third kappa shape index (κ3) is 4.71. The van der Waals surface area contributed by atoms with Gasteiger partial charge in [-0.2, -0.15) is 0 Å². The van der Waals surface area contributed by atoms with Crippen LogP contribution in [0.15, 0.2) is 24.8 Å². The molecule has 2 N–H and O–H groups in total. The molecule has 8 heteroatoms. The van der Waals surface area contributed by atoms with Gasteiger partial charge >= 0.3 is 5.97 Å². The van der Waals surface area contributed by atoms with Crippen molar-refractivity contribution in [2.24, 2.45) is 5.73 Å². The van der Waals surface area contributed by atoms with E-state index in [9.17, 15) is 14.9 Å². The van der Waals surface area contributed by atoms with Gasteiger partial charge in [-0.25, -0.2) is 4.79 Å². The molecule has 0 heterocycles. The van der Waals surface area contributed by atoms with Crippen LogP contribution in [0.1, 0.15) is 23.7 Å². The number of hydrogen-bond donors (Lipinski definition) is 1. The van der Waals surface area contributed by atoms with Crippen LogP contribution in [-0.2, 0) is 4.74 Å². The number of rotatable bonds is 8. The van der Waals surface area contributed by atoms with Gasteiger partial charge in [-0.3, -0.25) is 10.1 Å². The Morgan fingerprint density at radius 1 is 1.59 bits per heavy atom. The van der Waals surface area contributed by atoms with Crippen LogP contribution in [0.3, 0.4) is 0 Å². The molecule has 0 aliphatic rings. The first-order chi connectivity index (χ1) is 10.4. The summed E-state index contributed by atoms with van der Waals surface area (Å²) < 4.78 is 10.2. The zero-order chi connectivity index (χ0) is 16.7. The van der Waals surface area contributed by atoms with Crippen molar-refractivity contribution in [1.82, 2.24) is 0 Å². The van der Waals surface area contributed by atoms with E-state index in [4.69, 9.17) is 26.8 Å². The standard InChI is InChI=1S/C14H17ClN2O5/c1-3-5-10(16)8-22-12-7-9(14(18)21-4-2)6-11(13(12)15)17(19)20/h3,6-7,10H,1,4-5,8,16H2,2H3/t10-/m1/s1. The van der Waals surface area contributed by atoms with Gasteiger partial charge in [0.25, 0.3) is 5.69 Å². The third-order valence-corrected chi connectivity index (χ3v) is 3.03. The Bertz CT molecular complexity index is 577. The van der Waals surface area contributed by atoms with Gasteiger partial charge in [0.05, 0.1) is 17.1 Å². The number of nitrogens with two attached hydrogens (primary N) is 1. The van der Waals surface area contributed by atoms with Crippen molar-refractivity contribution in [3.63, 3.8) is 0 Å².